The SMILES string of the molecule is Cc1cccc(C)c1NC(=O)Nc1cccc(C2SCC(=O)N2c2ccccc2F)c1. The molecule has 1 saturated heterocycles. The van der Waals surface area contributed by atoms with Crippen LogP contribution in [0.25, 0.3) is 0 Å². The van der Waals surface area contributed by atoms with Gasteiger partial charge in [-0.3, -0.25) is 9.69 Å². The second kappa shape index (κ2) is 8.81. The van der Waals surface area contributed by atoms with Crippen LogP contribution in [0.3, 0.4) is 0 Å². The predicted molar refractivity (Wildman–Crippen MR) is 124 cm³/mol. The van der Waals surface area contributed by atoms with Gasteiger partial charge in [0, 0.05) is 11.4 Å². The minimum absolute atomic E-state index is 0.147. The molecule has 0 saturated carbocycles. The van der Waals surface area contributed by atoms with Crippen LogP contribution in [0.1, 0.15) is 22.1 Å². The van der Waals surface area contributed by atoms with Crippen molar-refractivity contribution in [2.24, 2.45) is 0 Å². The number of rotatable bonds is 4. The van der Waals surface area contributed by atoms with Crippen molar-refractivity contribution < 1.29 is 14.0 Å². The van der Waals surface area contributed by atoms with E-state index in [4.69, 9.17) is 0 Å². The van der Waals surface area contributed by atoms with Crippen LogP contribution in [0.5, 0.6) is 0 Å². The number of benzene rings is 3. The number of nitrogens with one attached hydrogen (secondary N) is 2. The summed E-state index contributed by atoms with van der Waals surface area (Å²) in [4.78, 5) is 26.5. The Labute approximate surface area is 184 Å². The first-order chi connectivity index (χ1) is 14.9. The lowest BCUT2D eigenvalue weighted by Gasteiger charge is -2.25. The molecule has 0 aliphatic carbocycles. The lowest BCUT2D eigenvalue weighted by atomic mass is 10.1. The Bertz CT molecular complexity index is 1130. The van der Waals surface area contributed by atoms with Gasteiger partial charge in [-0.1, -0.05) is 42.5 Å². The van der Waals surface area contributed by atoms with Crippen LogP contribution in [0.2, 0.25) is 0 Å². The first-order valence-corrected chi connectivity index (χ1v) is 10.9. The molecule has 1 heterocycles. The number of halogens is 1. The molecule has 158 valence electrons. The largest absolute Gasteiger partial charge is 0.323 e. The maximum absolute atomic E-state index is 14.4. The predicted octanol–water partition coefficient (Wildman–Crippen LogP) is 5.87. The summed E-state index contributed by atoms with van der Waals surface area (Å²) < 4.78 is 14.4. The van der Waals surface area contributed by atoms with E-state index in [0.717, 1.165) is 22.4 Å². The number of aryl methyl sites for hydroxylation is 2. The Morgan fingerprint density at radius 2 is 1.71 bits per heavy atom. The number of carbonyl (C=O) groups is 2. The Balaban J connectivity index is 1.55. The van der Waals surface area contributed by atoms with E-state index in [1.165, 1.54) is 22.7 Å². The topological polar surface area (TPSA) is 61.4 Å². The van der Waals surface area contributed by atoms with Crippen molar-refractivity contribution in [3.63, 3.8) is 0 Å². The lowest BCUT2D eigenvalue weighted by Crippen LogP contribution is -2.28. The Kier molecular flexibility index (Phi) is 5.95. The van der Waals surface area contributed by atoms with Crippen LogP contribution in [0.4, 0.5) is 26.2 Å². The van der Waals surface area contributed by atoms with Crippen LogP contribution in [0.15, 0.2) is 66.7 Å². The second-order valence-corrected chi connectivity index (χ2v) is 8.42. The van der Waals surface area contributed by atoms with E-state index in [1.54, 1.807) is 24.3 Å². The molecule has 5 nitrogen and oxygen atoms in total. The van der Waals surface area contributed by atoms with E-state index < -0.39 is 5.82 Å². The van der Waals surface area contributed by atoms with Crippen molar-refractivity contribution >= 4 is 40.8 Å². The van der Waals surface area contributed by atoms with Gasteiger partial charge in [0.2, 0.25) is 5.91 Å². The lowest BCUT2D eigenvalue weighted by molar-refractivity contribution is -0.115. The summed E-state index contributed by atoms with van der Waals surface area (Å²) in [5.74, 6) is -0.319. The number of urea groups is 1. The minimum atomic E-state index is -0.439. The maximum Gasteiger partial charge on any atom is 0.323 e. The molecule has 0 spiro atoms. The fraction of sp³-hybridized carbons (Fsp3) is 0.167. The van der Waals surface area contributed by atoms with Gasteiger partial charge in [0.15, 0.2) is 0 Å². The number of amides is 3. The fourth-order valence-electron chi connectivity index (χ4n) is 3.64. The maximum atomic E-state index is 14.4. The van der Waals surface area contributed by atoms with Crippen molar-refractivity contribution in [2.45, 2.75) is 19.2 Å². The van der Waals surface area contributed by atoms with Crippen molar-refractivity contribution in [3.05, 3.63) is 89.2 Å². The second-order valence-electron chi connectivity index (χ2n) is 7.35. The van der Waals surface area contributed by atoms with Crippen molar-refractivity contribution in [1.29, 1.82) is 0 Å². The monoisotopic (exact) mass is 435 g/mol. The molecular weight excluding hydrogens is 413 g/mol. The number of para-hydroxylation sites is 2. The van der Waals surface area contributed by atoms with E-state index in [9.17, 15) is 14.0 Å². The average molecular weight is 436 g/mol. The van der Waals surface area contributed by atoms with Crippen LogP contribution in [-0.4, -0.2) is 17.7 Å². The first kappa shape index (κ1) is 20.9. The van der Waals surface area contributed by atoms with Gasteiger partial charge in [-0.05, 0) is 54.8 Å². The smallest absolute Gasteiger partial charge is 0.308 e. The summed E-state index contributed by atoms with van der Waals surface area (Å²) in [5, 5.41) is 5.38. The van der Waals surface area contributed by atoms with Crippen LogP contribution in [-0.2, 0) is 4.79 Å². The summed E-state index contributed by atoms with van der Waals surface area (Å²) in [6.07, 6.45) is 0. The third kappa shape index (κ3) is 4.41. The first-order valence-electron chi connectivity index (χ1n) is 9.86. The highest BCUT2D eigenvalue weighted by molar-refractivity contribution is 8.00. The molecule has 0 bridgehead atoms. The normalized spacial score (nSPS) is 15.8. The average Bonchev–Trinajstić information content (AvgIpc) is 3.13. The molecule has 1 atom stereocenters. The number of nitrogens with zero attached hydrogens (tertiary/aromatic N) is 1. The molecule has 2 N–H and O–H groups in total. The molecular formula is C24H22FN3O2S. The summed E-state index contributed by atoms with van der Waals surface area (Å²) in [7, 11) is 0. The number of hydrogen-bond acceptors (Lipinski definition) is 3. The number of thioether (sulfide) groups is 1. The highest BCUT2D eigenvalue weighted by Gasteiger charge is 2.35. The molecule has 1 aliphatic rings. The van der Waals surface area contributed by atoms with Gasteiger partial charge in [-0.15, -0.1) is 11.8 Å². The Hall–Kier alpha value is -3.32. The molecule has 3 aromatic rings. The summed E-state index contributed by atoms with van der Waals surface area (Å²) in [5.41, 5.74) is 4.39. The van der Waals surface area contributed by atoms with E-state index in [-0.39, 0.29) is 28.8 Å². The molecule has 3 aromatic carbocycles. The molecule has 0 radical (unpaired) electrons. The third-order valence-corrected chi connectivity index (χ3v) is 6.34. The molecule has 1 fully saturated rings. The van der Waals surface area contributed by atoms with Crippen LogP contribution in [0, 0.1) is 19.7 Å². The zero-order valence-corrected chi connectivity index (χ0v) is 18.0. The van der Waals surface area contributed by atoms with Gasteiger partial charge < -0.3 is 10.6 Å². The van der Waals surface area contributed by atoms with Gasteiger partial charge in [0.25, 0.3) is 0 Å². The van der Waals surface area contributed by atoms with Crippen molar-refractivity contribution in [3.8, 4) is 0 Å². The summed E-state index contributed by atoms with van der Waals surface area (Å²) >= 11 is 1.43. The number of hydrogen-bond donors (Lipinski definition) is 2. The van der Waals surface area contributed by atoms with E-state index in [1.807, 2.05) is 50.2 Å². The van der Waals surface area contributed by atoms with Crippen molar-refractivity contribution in [2.75, 3.05) is 21.3 Å². The van der Waals surface area contributed by atoms with Crippen LogP contribution >= 0.6 is 11.8 Å². The van der Waals surface area contributed by atoms with Crippen LogP contribution < -0.4 is 15.5 Å². The quantitative estimate of drug-likeness (QED) is 0.539. The molecule has 1 unspecified atom stereocenters. The van der Waals surface area contributed by atoms with Gasteiger partial charge >= 0.3 is 6.03 Å². The zero-order valence-electron chi connectivity index (χ0n) is 17.2. The highest BCUT2D eigenvalue weighted by Crippen LogP contribution is 2.43. The number of carbonyl (C=O) groups excluding carboxylic acids is 2. The minimum Gasteiger partial charge on any atom is -0.308 e. The molecule has 3 amide bonds. The Morgan fingerprint density at radius 1 is 1.00 bits per heavy atom. The van der Waals surface area contributed by atoms with Gasteiger partial charge in [0.1, 0.15) is 11.2 Å². The molecule has 31 heavy (non-hydrogen) atoms. The molecule has 1 aliphatic heterocycles. The number of anilines is 3. The molecule has 0 aromatic heterocycles. The Morgan fingerprint density at radius 3 is 2.45 bits per heavy atom. The fourth-order valence-corrected chi connectivity index (χ4v) is 4.79. The van der Waals surface area contributed by atoms with E-state index in [2.05, 4.69) is 10.6 Å². The summed E-state index contributed by atoms with van der Waals surface area (Å²) in [6.45, 7) is 3.88. The van der Waals surface area contributed by atoms with Crippen molar-refractivity contribution in [1.82, 2.24) is 0 Å². The zero-order chi connectivity index (χ0) is 22.0. The van der Waals surface area contributed by atoms with Gasteiger partial charge in [-0.2, -0.15) is 0 Å². The van der Waals surface area contributed by atoms with E-state index >= 15 is 0 Å². The molecule has 4 rings (SSSR count). The van der Waals surface area contributed by atoms with E-state index in [0.29, 0.717) is 5.69 Å². The highest BCUT2D eigenvalue weighted by atomic mass is 32.2. The standard InChI is InChI=1S/C24H22FN3O2S/c1-15-7-5-8-16(2)22(15)27-24(30)26-18-10-6-9-17(13-18)23-28(21(29)14-31-23)20-12-4-3-11-19(20)25/h3-13,23H,14H2,1-2H3,(H2,26,27,30). The summed E-state index contributed by atoms with van der Waals surface area (Å²) in [6, 6.07) is 19.0. The third-order valence-electron chi connectivity index (χ3n) is 5.13. The molecule has 7 heteroatoms. The van der Waals surface area contributed by atoms with Gasteiger partial charge in [0.05, 0.1) is 11.4 Å². The van der Waals surface area contributed by atoms with Gasteiger partial charge in [-0.25, -0.2) is 9.18 Å².